The van der Waals surface area contributed by atoms with Crippen molar-refractivity contribution in [1.82, 2.24) is 0 Å². The summed E-state index contributed by atoms with van der Waals surface area (Å²) in [5.41, 5.74) is -1.07. The van der Waals surface area contributed by atoms with Crippen LogP contribution in [0.3, 0.4) is 0 Å². The van der Waals surface area contributed by atoms with E-state index >= 15 is 0 Å². The largest absolute Gasteiger partial charge is 0.465 e. The molecule has 4 heteroatoms. The Labute approximate surface area is 105 Å². The third-order valence-electron chi connectivity index (χ3n) is 2.80. The smallest absolute Gasteiger partial charge is 0.316 e. The molecule has 1 rings (SSSR count). The molecule has 0 fully saturated rings. The number of halogens is 2. The van der Waals surface area contributed by atoms with E-state index < -0.39 is 23.0 Å². The number of hydrogen-bond acceptors (Lipinski definition) is 2. The van der Waals surface area contributed by atoms with Gasteiger partial charge in [-0.3, -0.25) is 4.79 Å². The third-order valence-corrected chi connectivity index (χ3v) is 2.80. The Kier molecular flexibility index (Phi) is 4.59. The predicted octanol–water partition coefficient (Wildman–Crippen LogP) is 3.36. The van der Waals surface area contributed by atoms with Crippen LogP contribution in [0.1, 0.15) is 25.8 Å². The van der Waals surface area contributed by atoms with Gasteiger partial charge in [0, 0.05) is 11.6 Å². The topological polar surface area (TPSA) is 26.3 Å². The molecule has 0 aliphatic rings. The zero-order valence-corrected chi connectivity index (χ0v) is 10.5. The predicted molar refractivity (Wildman–Crippen MR) is 65.2 cm³/mol. The van der Waals surface area contributed by atoms with Crippen LogP contribution in [0.2, 0.25) is 0 Å². The SMILES string of the molecule is C=CCC(C)(C(=O)OCC)c1ccc(F)cc1F. The van der Waals surface area contributed by atoms with Gasteiger partial charge in [0.25, 0.3) is 0 Å². The Hall–Kier alpha value is -1.71. The normalized spacial score (nSPS) is 13.8. The minimum Gasteiger partial charge on any atom is -0.465 e. The van der Waals surface area contributed by atoms with Crippen LogP contribution in [-0.2, 0) is 14.9 Å². The van der Waals surface area contributed by atoms with Crippen molar-refractivity contribution >= 4 is 5.97 Å². The van der Waals surface area contributed by atoms with Gasteiger partial charge in [-0.15, -0.1) is 6.58 Å². The number of carbonyl (C=O) groups is 1. The second-order valence-electron chi connectivity index (χ2n) is 4.17. The molecule has 0 spiro atoms. The summed E-state index contributed by atoms with van der Waals surface area (Å²) in [4.78, 5) is 12.0. The van der Waals surface area contributed by atoms with E-state index in [0.717, 1.165) is 12.1 Å². The fourth-order valence-electron chi connectivity index (χ4n) is 1.82. The van der Waals surface area contributed by atoms with Gasteiger partial charge in [-0.25, -0.2) is 8.78 Å². The molecule has 2 nitrogen and oxygen atoms in total. The summed E-state index contributed by atoms with van der Waals surface area (Å²) in [6.07, 6.45) is 1.73. The number of carbonyl (C=O) groups excluding carboxylic acids is 1. The van der Waals surface area contributed by atoms with Gasteiger partial charge in [0.2, 0.25) is 0 Å². The summed E-state index contributed by atoms with van der Waals surface area (Å²) < 4.78 is 31.6. The van der Waals surface area contributed by atoms with Crippen LogP contribution in [0.15, 0.2) is 30.9 Å². The van der Waals surface area contributed by atoms with E-state index in [0.29, 0.717) is 0 Å². The maximum Gasteiger partial charge on any atom is 0.316 e. The number of esters is 1. The number of allylic oxidation sites excluding steroid dienone is 1. The van der Waals surface area contributed by atoms with E-state index in [4.69, 9.17) is 4.74 Å². The Morgan fingerprint density at radius 1 is 1.50 bits per heavy atom. The second-order valence-corrected chi connectivity index (χ2v) is 4.17. The lowest BCUT2D eigenvalue weighted by atomic mass is 9.79. The van der Waals surface area contributed by atoms with E-state index in [2.05, 4.69) is 6.58 Å². The number of hydrogen-bond donors (Lipinski definition) is 0. The van der Waals surface area contributed by atoms with Gasteiger partial charge in [0.15, 0.2) is 0 Å². The Balaban J connectivity index is 3.25. The molecule has 1 atom stereocenters. The van der Waals surface area contributed by atoms with Crippen LogP contribution >= 0.6 is 0 Å². The van der Waals surface area contributed by atoms with Gasteiger partial charge in [-0.1, -0.05) is 12.1 Å². The Bertz CT molecular complexity index is 457. The van der Waals surface area contributed by atoms with Crippen molar-refractivity contribution in [1.29, 1.82) is 0 Å². The monoisotopic (exact) mass is 254 g/mol. The lowest BCUT2D eigenvalue weighted by Crippen LogP contribution is -2.35. The molecule has 1 unspecified atom stereocenters. The van der Waals surface area contributed by atoms with Crippen LogP contribution in [0, 0.1) is 11.6 Å². The van der Waals surface area contributed by atoms with Gasteiger partial charge >= 0.3 is 5.97 Å². The fourth-order valence-corrected chi connectivity index (χ4v) is 1.82. The molecule has 1 aromatic carbocycles. The van der Waals surface area contributed by atoms with Crippen molar-refractivity contribution in [2.75, 3.05) is 6.61 Å². The van der Waals surface area contributed by atoms with Crippen molar-refractivity contribution in [3.63, 3.8) is 0 Å². The quantitative estimate of drug-likeness (QED) is 0.595. The zero-order chi connectivity index (χ0) is 13.8. The molecule has 0 saturated carbocycles. The molecule has 0 aliphatic carbocycles. The van der Waals surface area contributed by atoms with Crippen LogP contribution in [0.5, 0.6) is 0 Å². The maximum absolute atomic E-state index is 13.8. The van der Waals surface area contributed by atoms with Gasteiger partial charge in [0.1, 0.15) is 11.6 Å². The summed E-state index contributed by atoms with van der Waals surface area (Å²) >= 11 is 0. The number of benzene rings is 1. The van der Waals surface area contributed by atoms with Crippen molar-refractivity contribution < 1.29 is 18.3 Å². The highest BCUT2D eigenvalue weighted by Gasteiger charge is 2.37. The van der Waals surface area contributed by atoms with Gasteiger partial charge in [0.05, 0.1) is 12.0 Å². The first kappa shape index (κ1) is 14.4. The standard InChI is InChI=1S/C14H16F2O2/c1-4-8-14(3,13(17)18-5-2)11-7-6-10(15)9-12(11)16/h4,6-7,9H,1,5,8H2,2-3H3. The first-order valence-electron chi connectivity index (χ1n) is 5.69. The van der Waals surface area contributed by atoms with Gasteiger partial charge < -0.3 is 4.74 Å². The summed E-state index contributed by atoms with van der Waals surface area (Å²) in [6, 6.07) is 3.15. The second kappa shape index (κ2) is 5.76. The van der Waals surface area contributed by atoms with Gasteiger partial charge in [-0.05, 0) is 26.3 Å². The Morgan fingerprint density at radius 2 is 2.17 bits per heavy atom. The Morgan fingerprint density at radius 3 is 2.67 bits per heavy atom. The maximum atomic E-state index is 13.8. The van der Waals surface area contributed by atoms with E-state index in [9.17, 15) is 13.6 Å². The first-order valence-corrected chi connectivity index (χ1v) is 5.69. The van der Waals surface area contributed by atoms with E-state index in [1.165, 1.54) is 12.1 Å². The molecule has 0 aliphatic heterocycles. The summed E-state index contributed by atoms with van der Waals surface area (Å²) in [5, 5.41) is 0. The summed E-state index contributed by atoms with van der Waals surface area (Å²) in [6.45, 7) is 6.99. The molecule has 0 aromatic heterocycles. The highest BCUT2D eigenvalue weighted by molar-refractivity contribution is 5.83. The zero-order valence-electron chi connectivity index (χ0n) is 10.5. The van der Waals surface area contributed by atoms with Crippen molar-refractivity contribution in [2.24, 2.45) is 0 Å². The molecule has 0 heterocycles. The number of rotatable bonds is 5. The highest BCUT2D eigenvalue weighted by Crippen LogP contribution is 2.32. The first-order chi connectivity index (χ1) is 8.45. The average molecular weight is 254 g/mol. The molecular weight excluding hydrogens is 238 g/mol. The molecule has 0 bridgehead atoms. The summed E-state index contributed by atoms with van der Waals surface area (Å²) in [7, 11) is 0. The summed E-state index contributed by atoms with van der Waals surface area (Å²) in [5.74, 6) is -1.98. The lowest BCUT2D eigenvalue weighted by molar-refractivity contribution is -0.149. The minimum atomic E-state index is -1.18. The lowest BCUT2D eigenvalue weighted by Gasteiger charge is -2.26. The highest BCUT2D eigenvalue weighted by atomic mass is 19.1. The van der Waals surface area contributed by atoms with Crippen LogP contribution in [0.25, 0.3) is 0 Å². The molecule has 0 N–H and O–H groups in total. The van der Waals surface area contributed by atoms with E-state index in [-0.39, 0.29) is 18.6 Å². The number of ether oxygens (including phenoxy) is 1. The fraction of sp³-hybridized carbons (Fsp3) is 0.357. The molecule has 18 heavy (non-hydrogen) atoms. The third kappa shape index (κ3) is 2.75. The molecule has 98 valence electrons. The van der Waals surface area contributed by atoms with Crippen LogP contribution in [-0.4, -0.2) is 12.6 Å². The molecular formula is C14H16F2O2. The molecule has 0 saturated heterocycles. The van der Waals surface area contributed by atoms with Crippen LogP contribution < -0.4 is 0 Å². The van der Waals surface area contributed by atoms with E-state index in [1.54, 1.807) is 13.8 Å². The molecule has 0 amide bonds. The molecule has 0 radical (unpaired) electrons. The van der Waals surface area contributed by atoms with Crippen LogP contribution in [0.4, 0.5) is 8.78 Å². The van der Waals surface area contributed by atoms with Crippen molar-refractivity contribution in [2.45, 2.75) is 25.7 Å². The minimum absolute atomic E-state index is 0.113. The molecule has 1 aromatic rings. The van der Waals surface area contributed by atoms with Crippen molar-refractivity contribution in [3.8, 4) is 0 Å². The van der Waals surface area contributed by atoms with Crippen molar-refractivity contribution in [3.05, 3.63) is 48.1 Å². The van der Waals surface area contributed by atoms with Gasteiger partial charge in [-0.2, -0.15) is 0 Å². The van der Waals surface area contributed by atoms with E-state index in [1.807, 2.05) is 0 Å². The average Bonchev–Trinajstić information content (AvgIpc) is 2.29.